The quantitative estimate of drug-likeness (QED) is 0.702. The van der Waals surface area contributed by atoms with E-state index in [-0.39, 0.29) is 0 Å². The average Bonchev–Trinajstić information content (AvgIpc) is 2.84. The van der Waals surface area contributed by atoms with E-state index in [4.69, 9.17) is 9.37 Å². The fourth-order valence-corrected chi connectivity index (χ4v) is 2.40. The third kappa shape index (κ3) is 1.95. The average molecular weight is 254 g/mol. The zero-order valence-corrected chi connectivity index (χ0v) is 11.1. The van der Waals surface area contributed by atoms with E-state index in [1.165, 1.54) is 11.1 Å². The molecular weight excluding hydrogens is 240 g/mol. The molecule has 0 spiro atoms. The van der Waals surface area contributed by atoms with Crippen molar-refractivity contribution in [1.29, 1.82) is 0 Å². The van der Waals surface area contributed by atoms with E-state index in [0.29, 0.717) is 0 Å². The first-order valence-electron chi connectivity index (χ1n) is 6.07. The molecule has 3 aromatic rings. The van der Waals surface area contributed by atoms with Crippen molar-refractivity contribution in [3.8, 4) is 16.9 Å². The lowest BCUT2D eigenvalue weighted by Gasteiger charge is -2.10. The van der Waals surface area contributed by atoms with Crippen LogP contribution in [0.3, 0.4) is 0 Å². The zero-order valence-electron chi connectivity index (χ0n) is 11.1. The van der Waals surface area contributed by atoms with Crippen LogP contribution in [0.15, 0.2) is 35.0 Å². The summed E-state index contributed by atoms with van der Waals surface area (Å²) in [5.74, 6) is 0.771. The molecule has 0 atom stereocenters. The number of hydrogen-bond acceptors (Lipinski definition) is 4. The van der Waals surface area contributed by atoms with Gasteiger partial charge >= 0.3 is 0 Å². The summed E-state index contributed by atoms with van der Waals surface area (Å²) < 4.78 is 10.3. The Labute approximate surface area is 111 Å². The lowest BCUT2D eigenvalue weighted by atomic mass is 9.99. The van der Waals surface area contributed by atoms with Gasteiger partial charge in [-0.2, -0.15) is 0 Å². The summed E-state index contributed by atoms with van der Waals surface area (Å²) in [6.07, 6.45) is 0. The molecule has 0 aliphatic carbocycles. The lowest BCUT2D eigenvalue weighted by molar-refractivity contribution is 0.315. The van der Waals surface area contributed by atoms with Gasteiger partial charge in [0.15, 0.2) is 0 Å². The Hall–Kier alpha value is -2.36. The van der Waals surface area contributed by atoms with E-state index >= 15 is 0 Å². The predicted octanol–water partition coefficient (Wildman–Crippen LogP) is 3.52. The minimum Gasteiger partial charge on any atom is -0.496 e. The summed E-state index contributed by atoms with van der Waals surface area (Å²) in [5, 5.41) is 7.88. The van der Waals surface area contributed by atoms with E-state index in [1.807, 2.05) is 12.1 Å². The van der Waals surface area contributed by atoms with Crippen LogP contribution in [0.5, 0.6) is 5.75 Å². The molecule has 96 valence electrons. The Morgan fingerprint density at radius 3 is 2.42 bits per heavy atom. The number of ether oxygens (including phenoxy) is 1. The number of aromatic nitrogens is 2. The highest BCUT2D eigenvalue weighted by Crippen LogP contribution is 2.36. The van der Waals surface area contributed by atoms with Crippen LogP contribution in [0.1, 0.15) is 11.1 Å². The van der Waals surface area contributed by atoms with Crippen LogP contribution in [-0.4, -0.2) is 17.4 Å². The number of benzene rings is 2. The first kappa shape index (κ1) is 11.7. The van der Waals surface area contributed by atoms with Crippen molar-refractivity contribution in [2.75, 3.05) is 7.11 Å². The summed E-state index contributed by atoms with van der Waals surface area (Å²) in [5.41, 5.74) is 5.85. The number of rotatable bonds is 2. The molecule has 0 saturated heterocycles. The summed E-state index contributed by atoms with van der Waals surface area (Å²) in [7, 11) is 1.65. The van der Waals surface area contributed by atoms with Gasteiger partial charge in [-0.15, -0.1) is 0 Å². The fourth-order valence-electron chi connectivity index (χ4n) is 2.40. The summed E-state index contributed by atoms with van der Waals surface area (Å²) >= 11 is 0. The van der Waals surface area contributed by atoms with Gasteiger partial charge < -0.3 is 4.74 Å². The van der Waals surface area contributed by atoms with E-state index in [1.54, 1.807) is 7.11 Å². The summed E-state index contributed by atoms with van der Waals surface area (Å²) in [6, 6.07) is 10.1. The van der Waals surface area contributed by atoms with Gasteiger partial charge in [-0.25, -0.2) is 4.63 Å². The first-order valence-corrected chi connectivity index (χ1v) is 6.07. The molecule has 2 aromatic carbocycles. The van der Waals surface area contributed by atoms with Crippen LogP contribution < -0.4 is 4.74 Å². The van der Waals surface area contributed by atoms with E-state index in [2.05, 4.69) is 42.4 Å². The molecule has 0 fully saturated rings. The third-order valence-electron chi connectivity index (χ3n) is 3.12. The van der Waals surface area contributed by atoms with Gasteiger partial charge in [0.2, 0.25) is 0 Å². The van der Waals surface area contributed by atoms with Gasteiger partial charge in [0.05, 0.1) is 12.7 Å². The van der Waals surface area contributed by atoms with Crippen LogP contribution >= 0.6 is 0 Å². The van der Waals surface area contributed by atoms with Gasteiger partial charge in [-0.1, -0.05) is 29.3 Å². The molecule has 0 bridgehead atoms. The predicted molar refractivity (Wildman–Crippen MR) is 73.3 cm³/mol. The normalized spacial score (nSPS) is 10.9. The Balaban J connectivity index is 2.36. The molecule has 0 amide bonds. The zero-order chi connectivity index (χ0) is 13.4. The number of methoxy groups -OCH3 is 1. The minimum atomic E-state index is 0.726. The highest BCUT2D eigenvalue weighted by molar-refractivity contribution is 5.95. The molecule has 0 unspecified atom stereocenters. The van der Waals surface area contributed by atoms with Crippen molar-refractivity contribution >= 4 is 11.0 Å². The Kier molecular flexibility index (Phi) is 2.71. The van der Waals surface area contributed by atoms with Gasteiger partial charge in [0.1, 0.15) is 16.8 Å². The maximum Gasteiger partial charge on any atom is 0.146 e. The SMILES string of the molecule is COc1ccc2nonc2c1-c1cc(C)cc(C)c1. The van der Waals surface area contributed by atoms with Gasteiger partial charge in [0, 0.05) is 0 Å². The molecule has 4 nitrogen and oxygen atoms in total. The van der Waals surface area contributed by atoms with Crippen molar-refractivity contribution < 1.29 is 9.37 Å². The standard InChI is InChI=1S/C15H14N2O2/c1-9-6-10(2)8-11(7-9)14-13(18-3)5-4-12-15(14)17-19-16-12/h4-8H,1-3H3. The Morgan fingerprint density at radius 2 is 1.74 bits per heavy atom. The second-order valence-electron chi connectivity index (χ2n) is 4.65. The largest absolute Gasteiger partial charge is 0.496 e. The molecule has 4 heteroatoms. The number of fused-ring (bicyclic) bond motifs is 1. The van der Waals surface area contributed by atoms with Crippen molar-refractivity contribution in [2.45, 2.75) is 13.8 Å². The van der Waals surface area contributed by atoms with Crippen molar-refractivity contribution in [3.05, 3.63) is 41.5 Å². The lowest BCUT2D eigenvalue weighted by Crippen LogP contribution is -1.91. The van der Waals surface area contributed by atoms with E-state index in [9.17, 15) is 0 Å². The first-order chi connectivity index (χ1) is 9.19. The smallest absolute Gasteiger partial charge is 0.146 e. The number of nitrogens with zero attached hydrogens (tertiary/aromatic N) is 2. The van der Waals surface area contributed by atoms with Crippen LogP contribution in [0.25, 0.3) is 22.2 Å². The van der Waals surface area contributed by atoms with Crippen molar-refractivity contribution in [3.63, 3.8) is 0 Å². The Morgan fingerprint density at radius 1 is 1.00 bits per heavy atom. The molecule has 0 aliphatic heterocycles. The molecule has 1 heterocycles. The molecule has 0 saturated carbocycles. The highest BCUT2D eigenvalue weighted by Gasteiger charge is 2.15. The molecule has 19 heavy (non-hydrogen) atoms. The van der Waals surface area contributed by atoms with Crippen molar-refractivity contribution in [2.24, 2.45) is 0 Å². The number of hydrogen-bond donors (Lipinski definition) is 0. The van der Waals surface area contributed by atoms with Crippen LogP contribution in [0.2, 0.25) is 0 Å². The fraction of sp³-hybridized carbons (Fsp3) is 0.200. The third-order valence-corrected chi connectivity index (χ3v) is 3.12. The summed E-state index contributed by atoms with van der Waals surface area (Å²) in [6.45, 7) is 4.15. The van der Waals surface area contributed by atoms with Gasteiger partial charge in [-0.3, -0.25) is 0 Å². The van der Waals surface area contributed by atoms with Crippen LogP contribution in [0, 0.1) is 13.8 Å². The van der Waals surface area contributed by atoms with Crippen molar-refractivity contribution in [1.82, 2.24) is 10.3 Å². The second-order valence-corrected chi connectivity index (χ2v) is 4.65. The molecule has 0 N–H and O–H groups in total. The molecule has 3 rings (SSSR count). The second kappa shape index (κ2) is 4.39. The monoisotopic (exact) mass is 254 g/mol. The molecule has 1 aromatic heterocycles. The maximum absolute atomic E-state index is 5.45. The van der Waals surface area contributed by atoms with Gasteiger partial charge in [-0.05, 0) is 41.9 Å². The highest BCUT2D eigenvalue weighted by atomic mass is 16.6. The maximum atomic E-state index is 5.45. The van der Waals surface area contributed by atoms with Crippen LogP contribution in [-0.2, 0) is 0 Å². The van der Waals surface area contributed by atoms with Crippen LogP contribution in [0.4, 0.5) is 0 Å². The minimum absolute atomic E-state index is 0.726. The summed E-state index contributed by atoms with van der Waals surface area (Å²) in [4.78, 5) is 0. The Bertz CT molecular complexity index is 727. The molecule has 0 aliphatic rings. The van der Waals surface area contributed by atoms with E-state index in [0.717, 1.165) is 27.9 Å². The topological polar surface area (TPSA) is 48.2 Å². The van der Waals surface area contributed by atoms with E-state index < -0.39 is 0 Å². The molecule has 0 radical (unpaired) electrons. The number of aryl methyl sites for hydroxylation is 2. The molecular formula is C15H14N2O2. The van der Waals surface area contributed by atoms with Gasteiger partial charge in [0.25, 0.3) is 0 Å².